The molecule has 0 bridgehead atoms. The summed E-state index contributed by atoms with van der Waals surface area (Å²) < 4.78 is 10.5. The van der Waals surface area contributed by atoms with Gasteiger partial charge in [0.15, 0.2) is 11.5 Å². The van der Waals surface area contributed by atoms with Crippen molar-refractivity contribution < 1.29 is 23.8 Å². The van der Waals surface area contributed by atoms with Gasteiger partial charge in [-0.05, 0) is 42.7 Å². The minimum Gasteiger partial charge on any atom is -0.503 e. The summed E-state index contributed by atoms with van der Waals surface area (Å²) in [4.78, 5) is 27.6. The maximum absolute atomic E-state index is 13.0. The Morgan fingerprint density at radius 1 is 1.22 bits per heavy atom. The Hall–Kier alpha value is -3.02. The van der Waals surface area contributed by atoms with Gasteiger partial charge in [0.05, 0.1) is 25.0 Å². The normalized spacial score (nSPS) is 20.6. The van der Waals surface area contributed by atoms with Crippen molar-refractivity contribution in [2.45, 2.75) is 37.8 Å². The molecule has 140 valence electrons. The lowest BCUT2D eigenvalue weighted by atomic mass is 9.94. The molecule has 1 unspecified atom stereocenters. The average molecular weight is 367 g/mol. The van der Waals surface area contributed by atoms with Crippen LogP contribution in [-0.2, 0) is 4.79 Å². The number of amides is 1. The average Bonchev–Trinajstić information content (AvgIpc) is 3.43. The summed E-state index contributed by atoms with van der Waals surface area (Å²) in [5.74, 6) is -0.729. The highest BCUT2D eigenvalue weighted by molar-refractivity contribution is 6.15. The molecule has 0 saturated heterocycles. The van der Waals surface area contributed by atoms with E-state index in [1.807, 2.05) is 12.1 Å². The first kappa shape index (κ1) is 17.4. The van der Waals surface area contributed by atoms with E-state index in [2.05, 4.69) is 0 Å². The number of aliphatic hydroxyl groups excluding tert-OH is 1. The number of benzene rings is 1. The van der Waals surface area contributed by atoms with Gasteiger partial charge in [0.25, 0.3) is 5.91 Å². The van der Waals surface area contributed by atoms with E-state index >= 15 is 0 Å². The van der Waals surface area contributed by atoms with Crippen LogP contribution in [0.4, 0.5) is 0 Å². The van der Waals surface area contributed by atoms with Gasteiger partial charge in [-0.1, -0.05) is 25.0 Å². The molecule has 1 fully saturated rings. The lowest BCUT2D eigenvalue weighted by Crippen LogP contribution is -2.38. The van der Waals surface area contributed by atoms with Gasteiger partial charge in [0.1, 0.15) is 5.75 Å². The van der Waals surface area contributed by atoms with Crippen LogP contribution < -0.4 is 4.74 Å². The standard InChI is InChI=1S/C21H21NO5/c1-26-15-9-4-6-13(12-15)18-17(19(23)16-10-5-11-27-16)20(24)21(25)22(18)14-7-2-3-8-14/h4-6,9-12,14,18,24H,2-3,7-8H2,1H3. The smallest absolute Gasteiger partial charge is 0.290 e. The predicted octanol–water partition coefficient (Wildman–Crippen LogP) is 3.81. The molecule has 27 heavy (non-hydrogen) atoms. The number of ether oxygens (including phenoxy) is 1. The van der Waals surface area contributed by atoms with Crippen molar-refractivity contribution in [2.24, 2.45) is 0 Å². The lowest BCUT2D eigenvalue weighted by molar-refractivity contribution is -0.131. The number of carbonyl (C=O) groups is 2. The topological polar surface area (TPSA) is 80.0 Å². The van der Waals surface area contributed by atoms with E-state index in [4.69, 9.17) is 9.15 Å². The predicted molar refractivity (Wildman–Crippen MR) is 97.5 cm³/mol. The number of carbonyl (C=O) groups excluding carboxylic acids is 2. The zero-order valence-corrected chi connectivity index (χ0v) is 15.1. The lowest BCUT2D eigenvalue weighted by Gasteiger charge is -2.32. The summed E-state index contributed by atoms with van der Waals surface area (Å²) in [5.41, 5.74) is 0.795. The summed E-state index contributed by atoms with van der Waals surface area (Å²) in [6, 6.07) is 9.74. The van der Waals surface area contributed by atoms with Crippen molar-refractivity contribution >= 4 is 11.7 Å². The molecular formula is C21H21NO5. The minimum atomic E-state index is -0.659. The van der Waals surface area contributed by atoms with Crippen molar-refractivity contribution in [3.05, 3.63) is 65.3 Å². The van der Waals surface area contributed by atoms with E-state index < -0.39 is 23.5 Å². The number of Topliss-reactive ketones (excluding diaryl/α,β-unsaturated/α-hetero) is 1. The van der Waals surface area contributed by atoms with Crippen LogP contribution in [0.15, 0.2) is 58.4 Å². The van der Waals surface area contributed by atoms with Crippen molar-refractivity contribution in [3.63, 3.8) is 0 Å². The number of rotatable bonds is 5. The van der Waals surface area contributed by atoms with Crippen LogP contribution in [0.25, 0.3) is 0 Å². The number of aliphatic hydroxyl groups is 1. The molecule has 6 heteroatoms. The highest BCUT2D eigenvalue weighted by Crippen LogP contribution is 2.43. The Morgan fingerprint density at radius 2 is 2.00 bits per heavy atom. The summed E-state index contributed by atoms with van der Waals surface area (Å²) in [6.45, 7) is 0. The van der Waals surface area contributed by atoms with Crippen LogP contribution in [-0.4, -0.2) is 34.8 Å². The number of nitrogens with zero attached hydrogens (tertiary/aromatic N) is 1. The molecule has 2 heterocycles. The van der Waals surface area contributed by atoms with Crippen LogP contribution in [0.5, 0.6) is 5.75 Å². The molecular weight excluding hydrogens is 346 g/mol. The first-order valence-electron chi connectivity index (χ1n) is 9.09. The van der Waals surface area contributed by atoms with Crippen molar-refractivity contribution in [1.82, 2.24) is 4.90 Å². The van der Waals surface area contributed by atoms with Gasteiger partial charge in [-0.25, -0.2) is 0 Å². The molecule has 1 atom stereocenters. The van der Waals surface area contributed by atoms with Crippen molar-refractivity contribution in [1.29, 1.82) is 0 Å². The number of hydrogen-bond donors (Lipinski definition) is 1. The number of methoxy groups -OCH3 is 1. The zero-order chi connectivity index (χ0) is 19.0. The highest BCUT2D eigenvalue weighted by atomic mass is 16.5. The third kappa shape index (κ3) is 2.91. The molecule has 1 aromatic heterocycles. The molecule has 1 aliphatic heterocycles. The Morgan fingerprint density at radius 3 is 2.67 bits per heavy atom. The molecule has 6 nitrogen and oxygen atoms in total. The van der Waals surface area contributed by atoms with Gasteiger partial charge < -0.3 is 19.2 Å². The second kappa shape index (κ2) is 6.95. The summed E-state index contributed by atoms with van der Waals surface area (Å²) in [7, 11) is 1.57. The van der Waals surface area contributed by atoms with E-state index in [0.717, 1.165) is 31.2 Å². The first-order chi connectivity index (χ1) is 13.1. The van der Waals surface area contributed by atoms with Crippen molar-refractivity contribution in [2.75, 3.05) is 7.11 Å². The van der Waals surface area contributed by atoms with Crippen LogP contribution in [0.2, 0.25) is 0 Å². The Bertz CT molecular complexity index is 893. The highest BCUT2D eigenvalue weighted by Gasteiger charge is 2.47. The van der Waals surface area contributed by atoms with E-state index in [-0.39, 0.29) is 17.4 Å². The fourth-order valence-electron chi connectivity index (χ4n) is 4.09. The van der Waals surface area contributed by atoms with Crippen molar-refractivity contribution in [3.8, 4) is 5.75 Å². The molecule has 0 radical (unpaired) electrons. The van der Waals surface area contributed by atoms with Gasteiger partial charge in [0.2, 0.25) is 5.78 Å². The third-order valence-corrected chi connectivity index (χ3v) is 5.36. The molecule has 1 saturated carbocycles. The Kier molecular flexibility index (Phi) is 4.48. The Labute approximate surface area is 157 Å². The molecule has 0 spiro atoms. The molecule has 1 amide bonds. The quantitative estimate of drug-likeness (QED) is 0.813. The van der Waals surface area contributed by atoms with Crippen LogP contribution in [0.1, 0.15) is 47.8 Å². The molecule has 2 aliphatic rings. The molecule has 1 aromatic carbocycles. The van der Waals surface area contributed by atoms with E-state index in [1.165, 1.54) is 12.3 Å². The van der Waals surface area contributed by atoms with Gasteiger partial charge in [-0.2, -0.15) is 0 Å². The zero-order valence-electron chi connectivity index (χ0n) is 15.1. The van der Waals surface area contributed by atoms with Crippen LogP contribution in [0, 0.1) is 0 Å². The Balaban J connectivity index is 1.83. The van der Waals surface area contributed by atoms with Gasteiger partial charge in [-0.3, -0.25) is 9.59 Å². The summed E-state index contributed by atoms with van der Waals surface area (Å²) in [6.07, 6.45) is 5.18. The van der Waals surface area contributed by atoms with E-state index in [0.29, 0.717) is 5.75 Å². The van der Waals surface area contributed by atoms with E-state index in [1.54, 1.807) is 30.2 Å². The van der Waals surface area contributed by atoms with Crippen LogP contribution in [0.3, 0.4) is 0 Å². The van der Waals surface area contributed by atoms with Gasteiger partial charge in [-0.15, -0.1) is 0 Å². The largest absolute Gasteiger partial charge is 0.503 e. The number of ketones is 1. The first-order valence-corrected chi connectivity index (χ1v) is 9.09. The number of furan rings is 1. The molecule has 1 aliphatic carbocycles. The second-order valence-electron chi connectivity index (χ2n) is 6.90. The monoisotopic (exact) mass is 367 g/mol. The summed E-state index contributed by atoms with van der Waals surface area (Å²) >= 11 is 0. The van der Waals surface area contributed by atoms with Crippen LogP contribution >= 0.6 is 0 Å². The van der Waals surface area contributed by atoms with Gasteiger partial charge >= 0.3 is 0 Å². The molecule has 1 N–H and O–H groups in total. The maximum atomic E-state index is 13.0. The molecule has 4 rings (SSSR count). The minimum absolute atomic E-state index is 0.00208. The van der Waals surface area contributed by atoms with Gasteiger partial charge in [0, 0.05) is 6.04 Å². The summed E-state index contributed by atoms with van der Waals surface area (Å²) in [5, 5.41) is 10.6. The fraction of sp³-hybridized carbons (Fsp3) is 0.333. The second-order valence-corrected chi connectivity index (χ2v) is 6.90. The third-order valence-electron chi connectivity index (χ3n) is 5.36. The number of hydrogen-bond acceptors (Lipinski definition) is 5. The molecule has 2 aromatic rings. The van der Waals surface area contributed by atoms with E-state index in [9.17, 15) is 14.7 Å². The maximum Gasteiger partial charge on any atom is 0.290 e. The SMILES string of the molecule is COc1cccc(C2C(C(=O)c3ccco3)=C(O)C(=O)N2C2CCCC2)c1. The fourth-order valence-corrected chi connectivity index (χ4v) is 4.09.